The molecule has 1 fully saturated rings. The molecular weight excluding hydrogens is 213 g/mol. The Kier molecular flexibility index (Phi) is 3.17. The number of benzene rings is 1. The molecule has 0 aromatic heterocycles. The fraction of sp³-hybridized carbons (Fsp3) is 0.455. The van der Waals surface area contributed by atoms with Crippen LogP contribution in [0.5, 0.6) is 0 Å². The normalized spacial score (nSPS) is 27.9. The van der Waals surface area contributed by atoms with Crippen LogP contribution in [0.2, 0.25) is 0 Å². The van der Waals surface area contributed by atoms with Crippen molar-refractivity contribution in [1.29, 1.82) is 0 Å². The van der Waals surface area contributed by atoms with Crippen molar-refractivity contribution in [3.63, 3.8) is 0 Å². The van der Waals surface area contributed by atoms with E-state index >= 15 is 0 Å². The van der Waals surface area contributed by atoms with Gasteiger partial charge in [0.15, 0.2) is 0 Å². The Morgan fingerprint density at radius 1 is 1.33 bits per heavy atom. The van der Waals surface area contributed by atoms with Gasteiger partial charge in [-0.3, -0.25) is 4.21 Å². The second-order valence-corrected chi connectivity index (χ2v) is 5.62. The van der Waals surface area contributed by atoms with Crippen LogP contribution in [-0.2, 0) is 10.8 Å². The Balaban J connectivity index is 2.18. The summed E-state index contributed by atoms with van der Waals surface area (Å²) in [7, 11) is -1.25. The molecule has 2 rings (SSSR count). The van der Waals surface area contributed by atoms with Gasteiger partial charge in [-0.25, -0.2) is 4.39 Å². The van der Waals surface area contributed by atoms with E-state index in [0.717, 1.165) is 19.3 Å². The summed E-state index contributed by atoms with van der Waals surface area (Å²) in [6.07, 6.45) is 2.47. The lowest BCUT2D eigenvalue weighted by Crippen LogP contribution is -2.19. The van der Waals surface area contributed by atoms with E-state index in [4.69, 9.17) is 5.73 Å². The summed E-state index contributed by atoms with van der Waals surface area (Å²) in [5.74, 6) is -0.378. The van der Waals surface area contributed by atoms with E-state index in [9.17, 15) is 8.60 Å². The minimum Gasteiger partial charge on any atom is -0.328 e. The largest absolute Gasteiger partial charge is 0.328 e. The molecule has 0 bridgehead atoms. The van der Waals surface area contributed by atoms with Crippen molar-refractivity contribution in [2.24, 2.45) is 5.73 Å². The number of hydrogen-bond donors (Lipinski definition) is 1. The van der Waals surface area contributed by atoms with Crippen LogP contribution in [0.4, 0.5) is 4.39 Å². The van der Waals surface area contributed by atoms with Gasteiger partial charge in [-0.15, -0.1) is 0 Å². The summed E-state index contributed by atoms with van der Waals surface area (Å²) in [4.78, 5) is 0.316. The molecule has 1 saturated carbocycles. The van der Waals surface area contributed by atoms with Crippen LogP contribution >= 0.6 is 0 Å². The van der Waals surface area contributed by atoms with Crippen LogP contribution in [0, 0.1) is 5.82 Å². The summed E-state index contributed by atoms with van der Waals surface area (Å²) >= 11 is 0. The van der Waals surface area contributed by atoms with E-state index in [1.807, 2.05) is 0 Å². The molecule has 3 unspecified atom stereocenters. The first-order valence-electron chi connectivity index (χ1n) is 5.09. The van der Waals surface area contributed by atoms with Crippen molar-refractivity contribution in [3.05, 3.63) is 30.1 Å². The van der Waals surface area contributed by atoms with Crippen molar-refractivity contribution >= 4 is 10.8 Å². The lowest BCUT2D eigenvalue weighted by molar-refractivity contribution is 0.592. The fourth-order valence-electron chi connectivity index (χ4n) is 1.96. The van der Waals surface area contributed by atoms with Gasteiger partial charge in [0.2, 0.25) is 0 Å². The quantitative estimate of drug-likeness (QED) is 0.837. The predicted octanol–water partition coefficient (Wildman–Crippen LogP) is 1.81. The van der Waals surface area contributed by atoms with E-state index < -0.39 is 10.8 Å². The molecule has 0 aliphatic heterocycles. The zero-order valence-corrected chi connectivity index (χ0v) is 9.17. The van der Waals surface area contributed by atoms with Crippen molar-refractivity contribution in [3.8, 4) is 0 Å². The van der Waals surface area contributed by atoms with Gasteiger partial charge >= 0.3 is 0 Å². The van der Waals surface area contributed by atoms with Crippen LogP contribution in [-0.4, -0.2) is 15.5 Å². The molecule has 0 spiro atoms. The number of halogens is 1. The van der Waals surface area contributed by atoms with Crippen LogP contribution in [0.25, 0.3) is 0 Å². The third kappa shape index (κ3) is 2.26. The van der Waals surface area contributed by atoms with Crippen LogP contribution < -0.4 is 5.73 Å². The minimum absolute atomic E-state index is 0.0249. The van der Waals surface area contributed by atoms with E-state index in [0.29, 0.717) is 4.90 Å². The van der Waals surface area contributed by atoms with Gasteiger partial charge in [0.05, 0.1) is 15.7 Å². The van der Waals surface area contributed by atoms with E-state index in [2.05, 4.69) is 0 Å². The van der Waals surface area contributed by atoms with Crippen molar-refractivity contribution in [2.75, 3.05) is 0 Å². The maximum atomic E-state index is 13.4. The number of rotatable bonds is 2. The monoisotopic (exact) mass is 227 g/mol. The number of hydrogen-bond acceptors (Lipinski definition) is 2. The Hall–Kier alpha value is -0.740. The third-order valence-electron chi connectivity index (χ3n) is 2.78. The average molecular weight is 227 g/mol. The van der Waals surface area contributed by atoms with Gasteiger partial charge < -0.3 is 5.73 Å². The molecule has 0 radical (unpaired) electrons. The highest BCUT2D eigenvalue weighted by Crippen LogP contribution is 2.27. The van der Waals surface area contributed by atoms with Crippen LogP contribution in [0.3, 0.4) is 0 Å². The first-order valence-corrected chi connectivity index (χ1v) is 6.30. The third-order valence-corrected chi connectivity index (χ3v) is 4.58. The lowest BCUT2D eigenvalue weighted by atomic mass is 10.3. The molecule has 15 heavy (non-hydrogen) atoms. The highest BCUT2D eigenvalue weighted by Gasteiger charge is 2.28. The average Bonchev–Trinajstić information content (AvgIpc) is 2.65. The summed E-state index contributed by atoms with van der Waals surface area (Å²) < 4.78 is 25.4. The molecule has 1 aliphatic carbocycles. The molecular formula is C11H14FNOS. The fourth-order valence-corrected chi connectivity index (χ4v) is 3.56. The molecule has 1 aromatic carbocycles. The summed E-state index contributed by atoms with van der Waals surface area (Å²) in [6, 6.07) is 6.39. The highest BCUT2D eigenvalue weighted by molar-refractivity contribution is 7.85. The SMILES string of the molecule is NC1CCC(S(=O)c2ccccc2F)C1. The Labute approximate surface area is 91.1 Å². The minimum atomic E-state index is -1.25. The Morgan fingerprint density at radius 2 is 2.07 bits per heavy atom. The van der Waals surface area contributed by atoms with E-state index in [-0.39, 0.29) is 17.1 Å². The molecule has 0 saturated heterocycles. The molecule has 82 valence electrons. The first-order chi connectivity index (χ1) is 7.18. The predicted molar refractivity (Wildman–Crippen MR) is 58.4 cm³/mol. The lowest BCUT2D eigenvalue weighted by Gasteiger charge is -2.09. The van der Waals surface area contributed by atoms with Gasteiger partial charge in [0.25, 0.3) is 0 Å². The first kappa shape index (κ1) is 10.8. The summed E-state index contributed by atoms with van der Waals surface area (Å²) in [6.45, 7) is 0. The zero-order chi connectivity index (χ0) is 10.8. The molecule has 2 N–H and O–H groups in total. The molecule has 1 aliphatic rings. The van der Waals surface area contributed by atoms with E-state index in [1.54, 1.807) is 18.2 Å². The zero-order valence-electron chi connectivity index (χ0n) is 8.36. The maximum Gasteiger partial charge on any atom is 0.139 e. The summed E-state index contributed by atoms with van der Waals surface area (Å²) in [5.41, 5.74) is 5.75. The van der Waals surface area contributed by atoms with E-state index in [1.165, 1.54) is 6.07 Å². The standard InChI is InChI=1S/C11H14FNOS/c12-10-3-1-2-4-11(10)15(14)9-6-5-8(13)7-9/h1-4,8-9H,5-7,13H2. The molecule has 2 nitrogen and oxygen atoms in total. The van der Waals surface area contributed by atoms with Crippen molar-refractivity contribution in [2.45, 2.75) is 35.4 Å². The van der Waals surface area contributed by atoms with Gasteiger partial charge in [-0.2, -0.15) is 0 Å². The Bertz CT molecular complexity index is 383. The topological polar surface area (TPSA) is 43.1 Å². The summed E-state index contributed by atoms with van der Waals surface area (Å²) in [5, 5.41) is 0.0249. The molecule has 4 heteroatoms. The van der Waals surface area contributed by atoms with Crippen LogP contribution in [0.1, 0.15) is 19.3 Å². The number of nitrogens with two attached hydrogens (primary N) is 1. The Morgan fingerprint density at radius 3 is 2.67 bits per heavy atom. The molecule has 0 amide bonds. The van der Waals surface area contributed by atoms with Gasteiger partial charge in [0.1, 0.15) is 5.82 Å². The highest BCUT2D eigenvalue weighted by atomic mass is 32.2. The molecule has 0 heterocycles. The van der Waals surface area contributed by atoms with Crippen molar-refractivity contribution < 1.29 is 8.60 Å². The van der Waals surface area contributed by atoms with Crippen LogP contribution in [0.15, 0.2) is 29.2 Å². The van der Waals surface area contributed by atoms with Gasteiger partial charge in [0, 0.05) is 11.3 Å². The van der Waals surface area contributed by atoms with Crippen molar-refractivity contribution in [1.82, 2.24) is 0 Å². The smallest absolute Gasteiger partial charge is 0.139 e. The molecule has 1 aromatic rings. The second-order valence-electron chi connectivity index (χ2n) is 3.92. The van der Waals surface area contributed by atoms with Gasteiger partial charge in [-0.05, 0) is 31.4 Å². The molecule has 3 atom stereocenters. The second kappa shape index (κ2) is 4.41. The van der Waals surface area contributed by atoms with Gasteiger partial charge in [-0.1, -0.05) is 12.1 Å². The maximum absolute atomic E-state index is 13.4.